The van der Waals surface area contributed by atoms with Crippen LogP contribution >= 0.6 is 34.2 Å². The topological polar surface area (TPSA) is 70.6 Å². The molecule has 2 aromatic carbocycles. The monoisotopic (exact) mass is 441 g/mol. The highest BCUT2D eigenvalue weighted by Crippen LogP contribution is 2.22. The smallest absolute Gasteiger partial charge is 0.317 e. The average molecular weight is 442 g/mol. The molecule has 0 unspecified atom stereocenters. The first-order valence-electron chi connectivity index (χ1n) is 6.62. The molecule has 2 aromatic rings. The van der Waals surface area contributed by atoms with E-state index in [-0.39, 0.29) is 0 Å². The lowest BCUT2D eigenvalue weighted by atomic mass is 10.2. The molecule has 0 atom stereocenters. The molecular weight excluding hydrogens is 429 g/mol. The molecule has 7 heteroatoms. The van der Waals surface area contributed by atoms with Crippen LogP contribution in [0.5, 0.6) is 0 Å². The molecule has 0 saturated heterocycles. The fourth-order valence-corrected chi connectivity index (χ4v) is 2.22. The van der Waals surface area contributed by atoms with Crippen molar-refractivity contribution >= 4 is 57.9 Å². The number of benzene rings is 2. The second kappa shape index (κ2) is 8.07. The van der Waals surface area contributed by atoms with Crippen LogP contribution in [0.25, 0.3) is 0 Å². The van der Waals surface area contributed by atoms with Crippen LogP contribution < -0.4 is 10.7 Å². The normalized spacial score (nSPS) is 10.6. The largest absolute Gasteiger partial charge is 0.329 e. The average Bonchev–Trinajstić information content (AvgIpc) is 2.53. The summed E-state index contributed by atoms with van der Waals surface area (Å²) >= 11 is 8.16. The Morgan fingerprint density at radius 1 is 1.13 bits per heavy atom. The Kier molecular flexibility index (Phi) is 6.12. The predicted octanol–water partition coefficient (Wildman–Crippen LogP) is 3.34. The molecule has 118 valence electrons. The Balaban J connectivity index is 1.94. The lowest BCUT2D eigenvalue weighted by molar-refractivity contribution is -0.136. The van der Waals surface area contributed by atoms with Crippen molar-refractivity contribution < 1.29 is 9.59 Å². The number of carbonyl (C=O) groups excluding carboxylic acids is 2. The second-order valence-corrected chi connectivity index (χ2v) is 6.27. The van der Waals surface area contributed by atoms with Crippen LogP contribution in [-0.2, 0) is 9.59 Å². The van der Waals surface area contributed by atoms with Gasteiger partial charge >= 0.3 is 11.8 Å². The summed E-state index contributed by atoms with van der Waals surface area (Å²) in [5, 5.41) is 6.77. The second-order valence-electron chi connectivity index (χ2n) is 4.62. The van der Waals surface area contributed by atoms with E-state index >= 15 is 0 Å². The van der Waals surface area contributed by atoms with Crippen LogP contribution in [0.1, 0.15) is 11.1 Å². The van der Waals surface area contributed by atoms with E-state index in [0.29, 0.717) is 16.3 Å². The van der Waals surface area contributed by atoms with Crippen LogP contribution in [0, 0.1) is 10.5 Å². The minimum atomic E-state index is -0.855. The number of amides is 2. The van der Waals surface area contributed by atoms with Gasteiger partial charge in [0, 0.05) is 14.3 Å². The number of hydrogen-bond donors (Lipinski definition) is 2. The van der Waals surface area contributed by atoms with Gasteiger partial charge in [-0.05, 0) is 64.9 Å². The Labute approximate surface area is 152 Å². The number of hydrazone groups is 1. The van der Waals surface area contributed by atoms with Gasteiger partial charge in [-0.25, -0.2) is 5.43 Å². The van der Waals surface area contributed by atoms with E-state index < -0.39 is 11.8 Å². The minimum Gasteiger partial charge on any atom is -0.317 e. The molecule has 0 bridgehead atoms. The van der Waals surface area contributed by atoms with Crippen molar-refractivity contribution in [2.75, 3.05) is 5.32 Å². The van der Waals surface area contributed by atoms with Gasteiger partial charge in [-0.1, -0.05) is 29.8 Å². The lowest BCUT2D eigenvalue weighted by Gasteiger charge is -2.08. The molecule has 0 aliphatic rings. The highest BCUT2D eigenvalue weighted by atomic mass is 127. The van der Waals surface area contributed by atoms with E-state index in [1.165, 1.54) is 6.21 Å². The number of carbonyl (C=O) groups is 2. The van der Waals surface area contributed by atoms with Crippen molar-refractivity contribution in [3.05, 3.63) is 62.2 Å². The summed E-state index contributed by atoms with van der Waals surface area (Å²) in [6.45, 7) is 1.75. The summed E-state index contributed by atoms with van der Waals surface area (Å²) in [4.78, 5) is 23.5. The van der Waals surface area contributed by atoms with Crippen LogP contribution in [0.2, 0.25) is 5.02 Å². The van der Waals surface area contributed by atoms with E-state index in [1.54, 1.807) is 25.1 Å². The third-order valence-electron chi connectivity index (χ3n) is 2.97. The van der Waals surface area contributed by atoms with Crippen molar-refractivity contribution in [1.29, 1.82) is 0 Å². The van der Waals surface area contributed by atoms with Crippen molar-refractivity contribution in [3.63, 3.8) is 0 Å². The van der Waals surface area contributed by atoms with Gasteiger partial charge in [-0.15, -0.1) is 0 Å². The molecule has 2 amide bonds. The zero-order valence-electron chi connectivity index (χ0n) is 12.1. The van der Waals surface area contributed by atoms with Crippen LogP contribution in [-0.4, -0.2) is 18.0 Å². The molecule has 0 spiro atoms. The summed E-state index contributed by atoms with van der Waals surface area (Å²) in [5.41, 5.74) is 4.18. The SMILES string of the molecule is Cc1c(Cl)cccc1NC(=O)C(=O)NN=Cc1ccc(I)cc1. The maximum atomic E-state index is 11.8. The molecular formula is C16H13ClIN3O2. The molecule has 0 aliphatic carbocycles. The molecule has 0 radical (unpaired) electrons. The van der Waals surface area contributed by atoms with Crippen molar-refractivity contribution in [1.82, 2.24) is 5.43 Å². The van der Waals surface area contributed by atoms with E-state index in [2.05, 4.69) is 38.4 Å². The number of rotatable bonds is 3. The van der Waals surface area contributed by atoms with Gasteiger partial charge in [0.05, 0.1) is 6.21 Å². The van der Waals surface area contributed by atoms with Crippen LogP contribution in [0.15, 0.2) is 47.6 Å². The van der Waals surface area contributed by atoms with Gasteiger partial charge in [0.1, 0.15) is 0 Å². The molecule has 0 heterocycles. The lowest BCUT2D eigenvalue weighted by Crippen LogP contribution is -2.32. The van der Waals surface area contributed by atoms with E-state index in [1.807, 2.05) is 24.3 Å². The molecule has 2 N–H and O–H groups in total. The maximum Gasteiger partial charge on any atom is 0.329 e. The van der Waals surface area contributed by atoms with E-state index in [4.69, 9.17) is 11.6 Å². The van der Waals surface area contributed by atoms with Gasteiger partial charge in [-0.2, -0.15) is 5.10 Å². The minimum absolute atomic E-state index is 0.485. The Morgan fingerprint density at radius 2 is 1.83 bits per heavy atom. The number of halogens is 2. The fraction of sp³-hybridized carbons (Fsp3) is 0.0625. The first-order valence-corrected chi connectivity index (χ1v) is 8.08. The van der Waals surface area contributed by atoms with Crippen LogP contribution in [0.3, 0.4) is 0 Å². The predicted molar refractivity (Wildman–Crippen MR) is 99.7 cm³/mol. The van der Waals surface area contributed by atoms with E-state index in [0.717, 1.165) is 9.13 Å². The molecule has 23 heavy (non-hydrogen) atoms. The van der Waals surface area contributed by atoms with Crippen LogP contribution in [0.4, 0.5) is 5.69 Å². The van der Waals surface area contributed by atoms with Gasteiger partial charge < -0.3 is 5.32 Å². The summed E-state index contributed by atoms with van der Waals surface area (Å²) in [6.07, 6.45) is 1.46. The van der Waals surface area contributed by atoms with Gasteiger partial charge in [0.15, 0.2) is 0 Å². The van der Waals surface area contributed by atoms with Crippen molar-refractivity contribution in [3.8, 4) is 0 Å². The molecule has 5 nitrogen and oxygen atoms in total. The zero-order valence-corrected chi connectivity index (χ0v) is 15.1. The van der Waals surface area contributed by atoms with Crippen molar-refractivity contribution in [2.45, 2.75) is 6.92 Å². The number of nitrogens with one attached hydrogen (secondary N) is 2. The summed E-state index contributed by atoms with van der Waals surface area (Å²) in [5.74, 6) is -1.67. The zero-order chi connectivity index (χ0) is 16.8. The fourth-order valence-electron chi connectivity index (χ4n) is 1.69. The summed E-state index contributed by atoms with van der Waals surface area (Å²) < 4.78 is 1.10. The molecule has 0 saturated carbocycles. The van der Waals surface area contributed by atoms with E-state index in [9.17, 15) is 9.59 Å². The highest BCUT2D eigenvalue weighted by Gasteiger charge is 2.14. The first kappa shape index (κ1) is 17.4. The number of nitrogens with zero attached hydrogens (tertiary/aromatic N) is 1. The molecule has 0 fully saturated rings. The highest BCUT2D eigenvalue weighted by molar-refractivity contribution is 14.1. The molecule has 0 aliphatic heterocycles. The standard InChI is InChI=1S/C16H13ClIN3O2/c1-10-13(17)3-2-4-14(10)20-15(22)16(23)21-19-9-11-5-7-12(18)8-6-11/h2-9H,1H3,(H,20,22)(H,21,23). The molecule has 0 aromatic heterocycles. The quantitative estimate of drug-likeness (QED) is 0.332. The Hall–Kier alpha value is -1.93. The van der Waals surface area contributed by atoms with Gasteiger partial charge in [0.2, 0.25) is 0 Å². The van der Waals surface area contributed by atoms with Gasteiger partial charge in [-0.3, -0.25) is 9.59 Å². The Bertz CT molecular complexity index is 760. The van der Waals surface area contributed by atoms with Gasteiger partial charge in [0.25, 0.3) is 0 Å². The summed E-state index contributed by atoms with van der Waals surface area (Å²) in [6, 6.07) is 12.6. The maximum absolute atomic E-state index is 11.8. The third kappa shape index (κ3) is 5.04. The molecule has 2 rings (SSSR count). The first-order chi connectivity index (χ1) is 11.0. The summed E-state index contributed by atoms with van der Waals surface area (Å²) in [7, 11) is 0. The Morgan fingerprint density at radius 3 is 2.52 bits per heavy atom. The number of anilines is 1. The third-order valence-corrected chi connectivity index (χ3v) is 4.10. The van der Waals surface area contributed by atoms with Crippen molar-refractivity contribution in [2.24, 2.45) is 5.10 Å². The number of hydrogen-bond acceptors (Lipinski definition) is 3.